The van der Waals surface area contributed by atoms with E-state index in [1.165, 1.54) is 0 Å². The number of benzene rings is 2. The van der Waals surface area contributed by atoms with Crippen LogP contribution in [0.15, 0.2) is 48.5 Å². The van der Waals surface area contributed by atoms with Gasteiger partial charge in [-0.15, -0.1) is 0 Å². The molecule has 3 aromatic rings. The molecule has 144 valence electrons. The lowest BCUT2D eigenvalue weighted by Crippen LogP contribution is -2.35. The third-order valence-electron chi connectivity index (χ3n) is 4.20. The minimum Gasteiger partial charge on any atom is -0.491 e. The molecule has 0 bridgehead atoms. The molecule has 28 heavy (non-hydrogen) atoms. The van der Waals surface area contributed by atoms with E-state index < -0.39 is 6.10 Å². The molecule has 2 aromatic carbocycles. The van der Waals surface area contributed by atoms with Crippen LogP contribution in [0.4, 0.5) is 0 Å². The number of aliphatic hydroxyl groups is 1. The van der Waals surface area contributed by atoms with Crippen LogP contribution in [0.1, 0.15) is 10.4 Å². The number of hydrogen-bond donors (Lipinski definition) is 2. The van der Waals surface area contributed by atoms with Gasteiger partial charge in [-0.3, -0.25) is 4.79 Å². The maximum absolute atomic E-state index is 12.3. The number of hydrogen-bond acceptors (Lipinski definition) is 6. The number of nitrogens with one attached hydrogen (secondary N) is 1. The van der Waals surface area contributed by atoms with Crippen LogP contribution in [-0.2, 0) is 0 Å². The molecule has 8 heteroatoms. The van der Waals surface area contributed by atoms with Crippen LogP contribution in [0.3, 0.4) is 0 Å². The van der Waals surface area contributed by atoms with Gasteiger partial charge in [-0.25, -0.2) is 4.98 Å². The number of pyridine rings is 1. The zero-order valence-electron chi connectivity index (χ0n) is 14.7. The van der Waals surface area contributed by atoms with Crippen LogP contribution < -0.4 is 19.5 Å². The van der Waals surface area contributed by atoms with Crippen molar-refractivity contribution in [3.05, 3.63) is 59.2 Å². The summed E-state index contributed by atoms with van der Waals surface area (Å²) in [4.78, 5) is 16.5. The Morgan fingerprint density at radius 1 is 1.18 bits per heavy atom. The van der Waals surface area contributed by atoms with Crippen molar-refractivity contribution in [3.8, 4) is 17.2 Å². The van der Waals surface area contributed by atoms with E-state index in [1.807, 2.05) is 0 Å². The summed E-state index contributed by atoms with van der Waals surface area (Å²) < 4.78 is 16.1. The molecule has 1 unspecified atom stereocenters. The van der Waals surface area contributed by atoms with E-state index in [0.29, 0.717) is 33.5 Å². The van der Waals surface area contributed by atoms with E-state index in [4.69, 9.17) is 25.8 Å². The molecule has 1 aliphatic rings. The van der Waals surface area contributed by atoms with Gasteiger partial charge in [-0.1, -0.05) is 11.6 Å². The van der Waals surface area contributed by atoms with Crippen molar-refractivity contribution in [2.75, 3.05) is 19.9 Å². The Balaban J connectivity index is 1.30. The Morgan fingerprint density at radius 3 is 2.93 bits per heavy atom. The Labute approximate surface area is 165 Å². The van der Waals surface area contributed by atoms with Crippen LogP contribution in [0, 0.1) is 0 Å². The first-order chi connectivity index (χ1) is 13.6. The molecule has 1 aromatic heterocycles. The van der Waals surface area contributed by atoms with Gasteiger partial charge in [0.2, 0.25) is 6.79 Å². The first-order valence-electron chi connectivity index (χ1n) is 8.63. The minimum absolute atomic E-state index is 0.0278. The number of aliphatic hydroxyl groups excluding tert-OH is 1. The highest BCUT2D eigenvalue weighted by Crippen LogP contribution is 2.35. The Bertz CT molecular complexity index is 1030. The fraction of sp³-hybridized carbons (Fsp3) is 0.200. The van der Waals surface area contributed by atoms with Crippen LogP contribution >= 0.6 is 11.6 Å². The van der Waals surface area contributed by atoms with Crippen molar-refractivity contribution >= 4 is 28.4 Å². The van der Waals surface area contributed by atoms with Crippen LogP contribution in [0.25, 0.3) is 10.9 Å². The number of carbonyl (C=O) groups is 1. The first-order valence-corrected chi connectivity index (χ1v) is 9.01. The zero-order valence-corrected chi connectivity index (χ0v) is 15.5. The summed E-state index contributed by atoms with van der Waals surface area (Å²) in [5, 5.41) is 14.0. The predicted molar refractivity (Wildman–Crippen MR) is 103 cm³/mol. The quantitative estimate of drug-likeness (QED) is 0.618. The third kappa shape index (κ3) is 4.11. The van der Waals surface area contributed by atoms with Crippen LogP contribution in [-0.4, -0.2) is 42.0 Å². The van der Waals surface area contributed by atoms with E-state index in [0.717, 1.165) is 5.39 Å². The summed E-state index contributed by atoms with van der Waals surface area (Å²) in [6.45, 7) is 0.270. The molecule has 2 N–H and O–H groups in total. The monoisotopic (exact) mass is 400 g/mol. The van der Waals surface area contributed by atoms with Gasteiger partial charge < -0.3 is 24.6 Å². The molecular weight excluding hydrogens is 384 g/mol. The largest absolute Gasteiger partial charge is 0.491 e. The van der Waals surface area contributed by atoms with Gasteiger partial charge in [0.15, 0.2) is 11.5 Å². The third-order valence-corrected chi connectivity index (χ3v) is 4.41. The van der Waals surface area contributed by atoms with E-state index in [2.05, 4.69) is 10.3 Å². The number of carbonyl (C=O) groups excluding carboxylic acids is 1. The normalized spacial score (nSPS) is 13.4. The van der Waals surface area contributed by atoms with Crippen LogP contribution in [0.5, 0.6) is 17.2 Å². The van der Waals surface area contributed by atoms with Crippen molar-refractivity contribution in [2.24, 2.45) is 0 Å². The average Bonchev–Trinajstić information content (AvgIpc) is 3.18. The second-order valence-electron chi connectivity index (χ2n) is 6.23. The Morgan fingerprint density at radius 2 is 2.04 bits per heavy atom. The molecule has 2 heterocycles. The number of rotatable bonds is 6. The smallest absolute Gasteiger partial charge is 0.251 e. The van der Waals surface area contributed by atoms with Crippen LogP contribution in [0.2, 0.25) is 5.15 Å². The lowest BCUT2D eigenvalue weighted by molar-refractivity contribution is 0.0843. The van der Waals surface area contributed by atoms with E-state index >= 15 is 0 Å². The SMILES string of the molecule is O=C(NCC(O)COc1ccc2c(c1)OCO2)c1ccc2nc(Cl)ccc2c1. The van der Waals surface area contributed by atoms with Gasteiger partial charge in [0, 0.05) is 23.6 Å². The summed E-state index contributed by atoms with van der Waals surface area (Å²) in [5.41, 5.74) is 1.18. The molecule has 4 rings (SSSR count). The molecule has 0 radical (unpaired) electrons. The predicted octanol–water partition coefficient (Wildman–Crippen LogP) is 2.79. The van der Waals surface area contributed by atoms with Crippen molar-refractivity contribution in [1.29, 1.82) is 0 Å². The minimum atomic E-state index is -0.865. The molecule has 0 saturated heterocycles. The van der Waals surface area contributed by atoms with Crippen molar-refractivity contribution < 1.29 is 24.1 Å². The second kappa shape index (κ2) is 7.92. The molecule has 1 amide bonds. The number of nitrogens with zero attached hydrogens (tertiary/aromatic N) is 1. The van der Waals surface area contributed by atoms with Gasteiger partial charge in [0.25, 0.3) is 5.91 Å². The first kappa shape index (κ1) is 18.3. The Hall–Kier alpha value is -3.03. The van der Waals surface area contributed by atoms with Crippen molar-refractivity contribution in [1.82, 2.24) is 10.3 Å². The molecule has 0 saturated carbocycles. The lowest BCUT2D eigenvalue weighted by atomic mass is 10.1. The maximum Gasteiger partial charge on any atom is 0.251 e. The number of ether oxygens (including phenoxy) is 3. The molecule has 0 fully saturated rings. The summed E-state index contributed by atoms with van der Waals surface area (Å²) in [7, 11) is 0. The number of aromatic nitrogens is 1. The summed E-state index contributed by atoms with van der Waals surface area (Å²) in [6.07, 6.45) is -0.865. The average molecular weight is 401 g/mol. The maximum atomic E-state index is 12.3. The van der Waals surface area contributed by atoms with Crippen molar-refractivity contribution in [3.63, 3.8) is 0 Å². The van der Waals surface area contributed by atoms with Crippen molar-refractivity contribution in [2.45, 2.75) is 6.10 Å². The summed E-state index contributed by atoms with van der Waals surface area (Å²) >= 11 is 5.86. The molecular formula is C20H17ClN2O5. The second-order valence-corrected chi connectivity index (χ2v) is 6.62. The van der Waals surface area contributed by atoms with Gasteiger partial charge >= 0.3 is 0 Å². The fourth-order valence-electron chi connectivity index (χ4n) is 2.77. The highest BCUT2D eigenvalue weighted by molar-refractivity contribution is 6.29. The fourth-order valence-corrected chi connectivity index (χ4v) is 2.93. The van der Waals surface area contributed by atoms with E-state index in [1.54, 1.807) is 48.5 Å². The summed E-state index contributed by atoms with van der Waals surface area (Å²) in [6, 6.07) is 13.8. The van der Waals surface area contributed by atoms with Gasteiger partial charge in [0.05, 0.1) is 5.52 Å². The van der Waals surface area contributed by atoms with E-state index in [9.17, 15) is 9.90 Å². The number of amides is 1. The number of halogens is 1. The van der Waals surface area contributed by atoms with Gasteiger partial charge in [-0.2, -0.15) is 0 Å². The number of fused-ring (bicyclic) bond motifs is 2. The molecule has 0 aliphatic carbocycles. The van der Waals surface area contributed by atoms with Gasteiger partial charge in [0.1, 0.15) is 23.6 Å². The highest BCUT2D eigenvalue weighted by Gasteiger charge is 2.15. The van der Waals surface area contributed by atoms with Gasteiger partial charge in [-0.05, 0) is 42.5 Å². The molecule has 1 atom stereocenters. The highest BCUT2D eigenvalue weighted by atomic mass is 35.5. The topological polar surface area (TPSA) is 89.9 Å². The molecule has 7 nitrogen and oxygen atoms in total. The summed E-state index contributed by atoms with van der Waals surface area (Å²) in [5.74, 6) is 1.52. The van der Waals surface area contributed by atoms with E-state index in [-0.39, 0.29) is 25.9 Å². The Kier molecular flexibility index (Phi) is 5.18. The zero-order chi connectivity index (χ0) is 19.5. The standard InChI is InChI=1S/C20H17ClN2O5/c21-19-6-2-12-7-13(1-4-16(12)23-19)20(25)22-9-14(24)10-26-15-3-5-17-18(8-15)28-11-27-17/h1-8,14,24H,9-11H2,(H,22,25). The lowest BCUT2D eigenvalue weighted by Gasteiger charge is -2.14. The molecule has 0 spiro atoms. The molecule has 1 aliphatic heterocycles.